The van der Waals surface area contributed by atoms with Gasteiger partial charge in [0.05, 0.1) is 11.6 Å². The van der Waals surface area contributed by atoms with Crippen LogP contribution in [0.25, 0.3) is 10.9 Å². The molecular weight excluding hydrogens is 288 g/mol. The maximum Gasteiger partial charge on any atom is 0.260 e. The molecule has 23 heavy (non-hydrogen) atoms. The number of carbonyl (C=O) groups is 1. The van der Waals surface area contributed by atoms with Gasteiger partial charge in [0.1, 0.15) is 6.10 Å². The quantitative estimate of drug-likeness (QED) is 0.880. The SMILES string of the molecule is CC[C@@H]1C[C@H]2[C@@H](O)C(=O)n3c4c(c5ccccc53)CCN(C1)[C@@H]42. The van der Waals surface area contributed by atoms with Gasteiger partial charge in [-0.05, 0) is 30.4 Å². The maximum absolute atomic E-state index is 12.9. The van der Waals surface area contributed by atoms with Gasteiger partial charge >= 0.3 is 0 Å². The van der Waals surface area contributed by atoms with E-state index in [1.165, 1.54) is 16.6 Å². The molecule has 3 aliphatic heterocycles. The van der Waals surface area contributed by atoms with Crippen molar-refractivity contribution in [1.82, 2.24) is 9.47 Å². The van der Waals surface area contributed by atoms with Crippen LogP contribution in [0.5, 0.6) is 0 Å². The number of aliphatic hydroxyl groups is 1. The summed E-state index contributed by atoms with van der Waals surface area (Å²) in [5.74, 6) is 0.524. The molecule has 3 aliphatic rings. The number of piperidine rings is 1. The van der Waals surface area contributed by atoms with E-state index in [2.05, 4.69) is 17.9 Å². The minimum atomic E-state index is -0.869. The molecule has 0 radical (unpaired) electrons. The zero-order chi connectivity index (χ0) is 15.7. The summed E-state index contributed by atoms with van der Waals surface area (Å²) in [6, 6.07) is 8.37. The summed E-state index contributed by atoms with van der Waals surface area (Å²) in [7, 11) is 0. The molecule has 5 rings (SSSR count). The summed E-state index contributed by atoms with van der Waals surface area (Å²) in [5.41, 5.74) is 3.48. The van der Waals surface area contributed by atoms with Gasteiger partial charge in [0.15, 0.2) is 0 Å². The number of nitrogens with zero attached hydrogens (tertiary/aromatic N) is 2. The minimum Gasteiger partial charge on any atom is -0.383 e. The number of hydrogen-bond donors (Lipinski definition) is 1. The molecular formula is C19H22N2O2. The van der Waals surface area contributed by atoms with Crippen LogP contribution < -0.4 is 0 Å². The van der Waals surface area contributed by atoms with Crippen molar-refractivity contribution in [3.63, 3.8) is 0 Å². The molecule has 1 aromatic heterocycles. The van der Waals surface area contributed by atoms with E-state index in [1.807, 2.05) is 22.8 Å². The molecule has 0 amide bonds. The highest BCUT2D eigenvalue weighted by molar-refractivity contribution is 5.99. The Balaban J connectivity index is 1.79. The lowest BCUT2D eigenvalue weighted by Gasteiger charge is -2.50. The van der Waals surface area contributed by atoms with Crippen molar-refractivity contribution in [2.24, 2.45) is 11.8 Å². The highest BCUT2D eigenvalue weighted by atomic mass is 16.3. The predicted octanol–water partition coefficient (Wildman–Crippen LogP) is 2.60. The first-order valence-electron chi connectivity index (χ1n) is 8.79. The molecule has 1 fully saturated rings. The van der Waals surface area contributed by atoms with Crippen LogP contribution in [0.15, 0.2) is 24.3 Å². The van der Waals surface area contributed by atoms with Crippen LogP contribution in [-0.2, 0) is 6.42 Å². The second-order valence-electron chi connectivity index (χ2n) is 7.36. The van der Waals surface area contributed by atoms with Gasteiger partial charge in [-0.15, -0.1) is 0 Å². The first-order chi connectivity index (χ1) is 11.2. The van der Waals surface area contributed by atoms with Crippen molar-refractivity contribution in [2.75, 3.05) is 13.1 Å². The van der Waals surface area contributed by atoms with Crippen LogP contribution in [-0.4, -0.2) is 39.7 Å². The summed E-state index contributed by atoms with van der Waals surface area (Å²) in [6.45, 7) is 4.35. The van der Waals surface area contributed by atoms with Crippen LogP contribution in [0.1, 0.15) is 41.9 Å². The molecule has 0 bridgehead atoms. The van der Waals surface area contributed by atoms with E-state index >= 15 is 0 Å². The smallest absolute Gasteiger partial charge is 0.260 e. The van der Waals surface area contributed by atoms with E-state index < -0.39 is 6.10 Å². The van der Waals surface area contributed by atoms with Gasteiger partial charge in [0.2, 0.25) is 0 Å². The first-order valence-corrected chi connectivity index (χ1v) is 8.79. The third-order valence-electron chi connectivity index (χ3n) is 6.30. The molecule has 1 N–H and O–H groups in total. The Bertz CT molecular complexity index is 809. The van der Waals surface area contributed by atoms with E-state index in [0.717, 1.165) is 37.9 Å². The molecule has 1 saturated heterocycles. The monoisotopic (exact) mass is 310 g/mol. The van der Waals surface area contributed by atoms with Gasteiger partial charge in [0.25, 0.3) is 5.91 Å². The Morgan fingerprint density at radius 1 is 1.30 bits per heavy atom. The van der Waals surface area contributed by atoms with Crippen LogP contribution >= 0.6 is 0 Å². The topological polar surface area (TPSA) is 45.5 Å². The lowest BCUT2D eigenvalue weighted by atomic mass is 9.73. The molecule has 4 atom stereocenters. The molecule has 4 heteroatoms. The fourth-order valence-corrected chi connectivity index (χ4v) is 5.22. The third-order valence-corrected chi connectivity index (χ3v) is 6.30. The van der Waals surface area contributed by atoms with Crippen molar-refractivity contribution in [3.8, 4) is 0 Å². The predicted molar refractivity (Wildman–Crippen MR) is 88.5 cm³/mol. The van der Waals surface area contributed by atoms with Crippen molar-refractivity contribution in [2.45, 2.75) is 38.3 Å². The zero-order valence-corrected chi connectivity index (χ0v) is 13.4. The Morgan fingerprint density at radius 2 is 2.13 bits per heavy atom. The van der Waals surface area contributed by atoms with Crippen LogP contribution in [0, 0.1) is 11.8 Å². The van der Waals surface area contributed by atoms with Gasteiger partial charge in [0, 0.05) is 30.1 Å². The fourth-order valence-electron chi connectivity index (χ4n) is 5.22. The van der Waals surface area contributed by atoms with E-state index in [0.29, 0.717) is 5.92 Å². The van der Waals surface area contributed by atoms with Gasteiger partial charge in [-0.25, -0.2) is 0 Å². The molecule has 1 aromatic carbocycles. The first kappa shape index (κ1) is 13.8. The normalized spacial score (nSPS) is 33.0. The summed E-state index contributed by atoms with van der Waals surface area (Å²) < 4.78 is 1.83. The largest absolute Gasteiger partial charge is 0.383 e. The summed E-state index contributed by atoms with van der Waals surface area (Å²) >= 11 is 0. The molecule has 0 spiro atoms. The molecule has 4 heterocycles. The van der Waals surface area contributed by atoms with E-state index in [4.69, 9.17) is 0 Å². The lowest BCUT2D eigenvalue weighted by Crippen LogP contribution is -2.55. The zero-order valence-electron chi connectivity index (χ0n) is 13.4. The number of benzene rings is 1. The standard InChI is InChI=1S/C19H22N2O2/c1-2-11-9-14-16-17-13(7-8-20(16)10-11)12-5-3-4-6-15(12)21(17)19(23)18(14)22/h3-6,11,14,16,18,22H,2,7-10H2,1H3/t11-,14-,16-,18-/m1/s1. The van der Waals surface area contributed by atoms with Gasteiger partial charge in [-0.2, -0.15) is 0 Å². The van der Waals surface area contributed by atoms with Crippen molar-refractivity contribution >= 4 is 16.8 Å². The Labute approximate surface area is 135 Å². The van der Waals surface area contributed by atoms with Crippen LogP contribution in [0.2, 0.25) is 0 Å². The molecule has 2 aromatic rings. The Morgan fingerprint density at radius 3 is 2.96 bits per heavy atom. The van der Waals surface area contributed by atoms with Crippen LogP contribution in [0.3, 0.4) is 0 Å². The fraction of sp³-hybridized carbons (Fsp3) is 0.526. The van der Waals surface area contributed by atoms with Gasteiger partial charge in [-0.1, -0.05) is 31.5 Å². The van der Waals surface area contributed by atoms with Gasteiger partial charge < -0.3 is 5.11 Å². The second-order valence-corrected chi connectivity index (χ2v) is 7.36. The van der Waals surface area contributed by atoms with Crippen molar-refractivity contribution in [1.29, 1.82) is 0 Å². The highest BCUT2D eigenvalue weighted by Gasteiger charge is 2.50. The molecule has 120 valence electrons. The van der Waals surface area contributed by atoms with Crippen molar-refractivity contribution < 1.29 is 9.90 Å². The Kier molecular flexibility index (Phi) is 2.80. The highest BCUT2D eigenvalue weighted by Crippen LogP contribution is 2.49. The summed E-state index contributed by atoms with van der Waals surface area (Å²) in [5, 5.41) is 11.9. The average Bonchev–Trinajstić information content (AvgIpc) is 2.93. The molecule has 0 saturated carbocycles. The number of para-hydroxylation sites is 1. The maximum atomic E-state index is 12.9. The summed E-state index contributed by atoms with van der Waals surface area (Å²) in [6.07, 6.45) is 2.22. The van der Waals surface area contributed by atoms with E-state index in [9.17, 15) is 9.90 Å². The minimum absolute atomic E-state index is 0.0528. The lowest BCUT2D eigenvalue weighted by molar-refractivity contribution is -0.0323. The van der Waals surface area contributed by atoms with Crippen LogP contribution in [0.4, 0.5) is 0 Å². The molecule has 0 unspecified atom stereocenters. The number of fused-ring (bicyclic) bond motifs is 3. The molecule has 4 nitrogen and oxygen atoms in total. The van der Waals surface area contributed by atoms with E-state index in [1.54, 1.807) is 0 Å². The Hall–Kier alpha value is -1.65. The number of aromatic nitrogens is 1. The average molecular weight is 310 g/mol. The molecule has 0 aliphatic carbocycles. The summed E-state index contributed by atoms with van der Waals surface area (Å²) in [4.78, 5) is 15.4. The second kappa shape index (κ2) is 4.68. The number of aliphatic hydroxyl groups excluding tert-OH is 1. The van der Waals surface area contributed by atoms with Crippen molar-refractivity contribution in [3.05, 3.63) is 35.5 Å². The number of carbonyl (C=O) groups excluding carboxylic acids is 1. The number of hydrogen-bond acceptors (Lipinski definition) is 3. The third kappa shape index (κ3) is 1.65. The van der Waals surface area contributed by atoms with Gasteiger partial charge in [-0.3, -0.25) is 14.3 Å². The number of rotatable bonds is 1. The van der Waals surface area contributed by atoms with E-state index in [-0.39, 0.29) is 17.9 Å².